The minimum Gasteiger partial charge on any atom is -0.504 e. The second-order valence-corrected chi connectivity index (χ2v) is 7.91. The zero-order valence-electron chi connectivity index (χ0n) is 16.8. The van der Waals surface area contributed by atoms with E-state index in [4.69, 9.17) is 0 Å². The number of thiazole rings is 1. The molecule has 0 spiro atoms. The van der Waals surface area contributed by atoms with Gasteiger partial charge >= 0.3 is 11.9 Å². The summed E-state index contributed by atoms with van der Waals surface area (Å²) in [5.41, 5.74) is -0.962. The van der Waals surface area contributed by atoms with Gasteiger partial charge in [-0.25, -0.2) is 4.98 Å². The summed E-state index contributed by atoms with van der Waals surface area (Å²) < 4.78 is 42.0. The van der Waals surface area contributed by atoms with Gasteiger partial charge in [-0.05, 0) is 19.1 Å². The predicted octanol–water partition coefficient (Wildman–Crippen LogP) is 6.19. The Labute approximate surface area is 188 Å². The van der Waals surface area contributed by atoms with Crippen molar-refractivity contribution >= 4 is 17.0 Å². The molecule has 0 atom stereocenters. The summed E-state index contributed by atoms with van der Waals surface area (Å²) in [6, 6.07) is 11.4. The number of aromatic hydroxyl groups is 2. The van der Waals surface area contributed by atoms with Gasteiger partial charge in [-0.3, -0.25) is 15.1 Å². The maximum atomic E-state index is 14.0. The number of hydrogen-bond acceptors (Lipinski definition) is 7. The molecule has 0 saturated carbocycles. The minimum absolute atomic E-state index is 0.00102. The number of pyridine rings is 1. The number of hydrogen-bond donors (Lipinski definition) is 2. The molecular weight excluding hydrogens is 459 g/mol. The Kier molecular flexibility index (Phi) is 5.50. The van der Waals surface area contributed by atoms with Gasteiger partial charge in [0.2, 0.25) is 5.75 Å². The highest BCUT2D eigenvalue weighted by atomic mass is 32.1. The normalized spacial score (nSPS) is 11.5. The third kappa shape index (κ3) is 4.22. The van der Waals surface area contributed by atoms with E-state index in [1.165, 1.54) is 12.3 Å². The molecule has 0 amide bonds. The number of phenols is 2. The molecule has 0 aliphatic carbocycles. The fraction of sp³-hybridized carbons (Fsp3) is 0.0909. The largest absolute Gasteiger partial charge is 0.504 e. The molecule has 0 fully saturated rings. The van der Waals surface area contributed by atoms with Gasteiger partial charge in [0.25, 0.3) is 0 Å². The predicted molar refractivity (Wildman–Crippen MR) is 116 cm³/mol. The zero-order chi connectivity index (χ0) is 23.9. The molecule has 2 aromatic heterocycles. The Morgan fingerprint density at radius 1 is 1.03 bits per heavy atom. The Balaban J connectivity index is 1.94. The van der Waals surface area contributed by atoms with E-state index in [9.17, 15) is 33.5 Å². The van der Waals surface area contributed by atoms with Crippen LogP contribution in [0.1, 0.15) is 11.3 Å². The van der Waals surface area contributed by atoms with Crippen LogP contribution in [-0.2, 0) is 6.18 Å². The van der Waals surface area contributed by atoms with Crippen LogP contribution in [0, 0.1) is 17.0 Å². The summed E-state index contributed by atoms with van der Waals surface area (Å²) in [7, 11) is 0. The van der Waals surface area contributed by atoms with Crippen LogP contribution >= 0.6 is 11.3 Å². The molecule has 2 N–H and O–H groups in total. The fourth-order valence-electron chi connectivity index (χ4n) is 3.33. The molecule has 4 aromatic rings. The van der Waals surface area contributed by atoms with E-state index in [1.54, 1.807) is 30.3 Å². The van der Waals surface area contributed by atoms with Gasteiger partial charge in [-0.1, -0.05) is 30.3 Å². The number of rotatable bonds is 4. The van der Waals surface area contributed by atoms with Crippen LogP contribution in [0.4, 0.5) is 18.9 Å². The lowest BCUT2D eigenvalue weighted by molar-refractivity contribution is -0.385. The van der Waals surface area contributed by atoms with Crippen LogP contribution in [-0.4, -0.2) is 25.1 Å². The monoisotopic (exact) mass is 473 g/mol. The van der Waals surface area contributed by atoms with E-state index >= 15 is 0 Å². The summed E-state index contributed by atoms with van der Waals surface area (Å²) in [6.07, 6.45) is -4.69. The highest BCUT2D eigenvalue weighted by molar-refractivity contribution is 7.13. The Morgan fingerprint density at radius 3 is 2.36 bits per heavy atom. The molecule has 0 aliphatic heterocycles. The first-order valence-electron chi connectivity index (χ1n) is 9.37. The van der Waals surface area contributed by atoms with Gasteiger partial charge in [0.15, 0.2) is 5.75 Å². The highest BCUT2D eigenvalue weighted by Crippen LogP contribution is 2.45. The van der Waals surface area contributed by atoms with Crippen LogP contribution in [0.15, 0.2) is 53.9 Å². The second kappa shape index (κ2) is 8.17. The Hall–Kier alpha value is -3.99. The molecule has 4 rings (SSSR count). The van der Waals surface area contributed by atoms with E-state index in [0.717, 1.165) is 29.5 Å². The molecule has 0 bridgehead atoms. The number of aryl methyl sites for hydroxylation is 1. The Bertz CT molecular complexity index is 1370. The topological polar surface area (TPSA) is 109 Å². The quantitative estimate of drug-likeness (QED) is 0.208. The summed E-state index contributed by atoms with van der Waals surface area (Å²) in [4.78, 5) is 18.9. The van der Waals surface area contributed by atoms with Gasteiger partial charge < -0.3 is 10.2 Å². The van der Waals surface area contributed by atoms with Crippen molar-refractivity contribution in [3.8, 4) is 44.6 Å². The lowest BCUT2D eigenvalue weighted by Gasteiger charge is -2.16. The minimum atomic E-state index is -4.69. The van der Waals surface area contributed by atoms with Crippen LogP contribution in [0.5, 0.6) is 11.5 Å². The van der Waals surface area contributed by atoms with Crippen LogP contribution in [0.2, 0.25) is 0 Å². The Morgan fingerprint density at radius 2 is 1.73 bits per heavy atom. The molecule has 33 heavy (non-hydrogen) atoms. The van der Waals surface area contributed by atoms with Gasteiger partial charge in [0, 0.05) is 33.8 Å². The van der Waals surface area contributed by atoms with Crippen molar-refractivity contribution in [2.24, 2.45) is 0 Å². The number of benzene rings is 2. The summed E-state index contributed by atoms with van der Waals surface area (Å²) in [6.45, 7) is 1.47. The number of halogens is 3. The van der Waals surface area contributed by atoms with Crippen molar-refractivity contribution in [2.75, 3.05) is 0 Å². The van der Waals surface area contributed by atoms with Crippen molar-refractivity contribution in [3.05, 3.63) is 75.3 Å². The number of aromatic nitrogens is 2. The first-order chi connectivity index (χ1) is 15.6. The smallest absolute Gasteiger partial charge is 0.417 e. The lowest BCUT2D eigenvalue weighted by Crippen LogP contribution is -2.10. The maximum Gasteiger partial charge on any atom is 0.417 e. The molecule has 11 heteroatoms. The summed E-state index contributed by atoms with van der Waals surface area (Å²) >= 11 is 0.902. The van der Waals surface area contributed by atoms with Crippen molar-refractivity contribution < 1.29 is 28.3 Å². The molecule has 0 saturated heterocycles. The standard InChI is InChI=1S/C22H14F3N3O4S/c1-11-7-14(22(23,24)25)18(19(26-11)12-5-3-2-4-6-12)21-27-15(10-33-21)13-8-16(28(31)32)20(30)17(29)9-13/h2-10,29-30H,1H3. The van der Waals surface area contributed by atoms with E-state index < -0.39 is 33.8 Å². The maximum absolute atomic E-state index is 14.0. The van der Waals surface area contributed by atoms with E-state index in [2.05, 4.69) is 9.97 Å². The third-order valence-electron chi connectivity index (χ3n) is 4.78. The van der Waals surface area contributed by atoms with Crippen molar-refractivity contribution in [1.29, 1.82) is 0 Å². The number of nitro groups is 1. The van der Waals surface area contributed by atoms with Gasteiger partial charge in [-0.2, -0.15) is 13.2 Å². The SMILES string of the molecule is Cc1cc(C(F)(F)F)c(-c2nc(-c3cc(O)c(O)c([N+](=O)[O-])c3)cs2)c(-c2ccccc2)n1. The van der Waals surface area contributed by atoms with Crippen molar-refractivity contribution in [2.45, 2.75) is 13.1 Å². The van der Waals surface area contributed by atoms with E-state index in [1.807, 2.05) is 0 Å². The van der Waals surface area contributed by atoms with Gasteiger partial charge in [0.1, 0.15) is 5.01 Å². The summed E-state index contributed by atoms with van der Waals surface area (Å²) in [5, 5.41) is 32.1. The lowest BCUT2D eigenvalue weighted by atomic mass is 9.99. The first-order valence-corrected chi connectivity index (χ1v) is 10.2. The molecule has 2 aromatic carbocycles. The first kappa shape index (κ1) is 22.2. The van der Waals surface area contributed by atoms with Crippen LogP contribution < -0.4 is 0 Å². The van der Waals surface area contributed by atoms with Crippen molar-refractivity contribution in [3.63, 3.8) is 0 Å². The van der Waals surface area contributed by atoms with E-state index in [0.29, 0.717) is 5.56 Å². The average molecular weight is 473 g/mol. The second-order valence-electron chi connectivity index (χ2n) is 7.06. The third-order valence-corrected chi connectivity index (χ3v) is 5.64. The molecule has 0 radical (unpaired) electrons. The molecule has 2 heterocycles. The average Bonchev–Trinajstić information content (AvgIpc) is 3.24. The molecule has 7 nitrogen and oxygen atoms in total. The molecule has 0 aliphatic rings. The van der Waals surface area contributed by atoms with Crippen LogP contribution in [0.25, 0.3) is 33.1 Å². The summed E-state index contributed by atoms with van der Waals surface area (Å²) in [5.74, 6) is -1.65. The van der Waals surface area contributed by atoms with Gasteiger partial charge in [0.05, 0.1) is 21.9 Å². The zero-order valence-corrected chi connectivity index (χ0v) is 17.6. The number of nitrogens with zero attached hydrogens (tertiary/aromatic N) is 3. The number of alkyl halides is 3. The number of phenolic OH excluding ortho intramolecular Hbond substituents is 2. The molecular formula is C22H14F3N3O4S. The fourth-order valence-corrected chi connectivity index (χ4v) is 4.22. The molecule has 168 valence electrons. The van der Waals surface area contributed by atoms with E-state index in [-0.39, 0.29) is 33.2 Å². The highest BCUT2D eigenvalue weighted by Gasteiger charge is 2.37. The molecule has 0 unspecified atom stereocenters. The van der Waals surface area contributed by atoms with Crippen molar-refractivity contribution in [1.82, 2.24) is 9.97 Å². The van der Waals surface area contributed by atoms with Gasteiger partial charge in [-0.15, -0.1) is 11.3 Å². The van der Waals surface area contributed by atoms with Crippen LogP contribution in [0.3, 0.4) is 0 Å². The number of nitro benzene ring substituents is 1.